The van der Waals surface area contributed by atoms with Gasteiger partial charge in [0.05, 0.1) is 6.61 Å². The largest absolute Gasteiger partial charge is 0.378 e. The van der Waals surface area contributed by atoms with E-state index in [2.05, 4.69) is 10.4 Å². The number of nitrogens with one attached hydrogen (secondary N) is 1. The number of ether oxygens (including phenoxy) is 2. The number of alkyl halides is 1. The molecule has 2 atom stereocenters. The van der Waals surface area contributed by atoms with E-state index in [4.69, 9.17) is 21.1 Å². The summed E-state index contributed by atoms with van der Waals surface area (Å²) in [6.07, 6.45) is 10.1. The molecular formula is C13H16ClN3O2. The molecule has 1 fully saturated rings. The van der Waals surface area contributed by atoms with Gasteiger partial charge in [-0.2, -0.15) is 5.10 Å². The van der Waals surface area contributed by atoms with E-state index in [-0.39, 0.29) is 0 Å². The van der Waals surface area contributed by atoms with E-state index in [9.17, 15) is 0 Å². The summed E-state index contributed by atoms with van der Waals surface area (Å²) in [5, 5.41) is 7.50. The van der Waals surface area contributed by atoms with Crippen LogP contribution in [0.25, 0.3) is 5.82 Å². The van der Waals surface area contributed by atoms with Crippen molar-refractivity contribution >= 4 is 17.4 Å². The van der Waals surface area contributed by atoms with E-state index in [1.165, 1.54) is 0 Å². The maximum absolute atomic E-state index is 6.77. The highest BCUT2D eigenvalue weighted by Crippen LogP contribution is 2.40. The zero-order chi connectivity index (χ0) is 13.3. The molecule has 0 amide bonds. The number of rotatable bonds is 3. The van der Waals surface area contributed by atoms with Crippen LogP contribution in [0.5, 0.6) is 0 Å². The Kier molecular flexibility index (Phi) is 3.12. The van der Waals surface area contributed by atoms with E-state index >= 15 is 0 Å². The second-order valence-corrected chi connectivity index (χ2v) is 5.30. The second-order valence-electron chi connectivity index (χ2n) is 4.70. The Hall–Kier alpha value is -1.30. The Morgan fingerprint density at radius 2 is 2.47 bits per heavy atom. The van der Waals surface area contributed by atoms with Crippen molar-refractivity contribution in [3.05, 3.63) is 36.7 Å². The molecule has 0 bridgehead atoms. The first kappa shape index (κ1) is 12.7. The highest BCUT2D eigenvalue weighted by Gasteiger charge is 2.53. The summed E-state index contributed by atoms with van der Waals surface area (Å²) >= 11 is 6.77. The molecular weight excluding hydrogens is 266 g/mol. The molecule has 2 aliphatic rings. The molecule has 6 heteroatoms. The Morgan fingerprint density at radius 3 is 3.11 bits per heavy atom. The molecule has 0 aliphatic carbocycles. The van der Waals surface area contributed by atoms with E-state index < -0.39 is 10.6 Å². The van der Waals surface area contributed by atoms with Gasteiger partial charge < -0.3 is 14.8 Å². The molecule has 1 saturated heterocycles. The topological polar surface area (TPSA) is 48.3 Å². The van der Waals surface area contributed by atoms with Crippen LogP contribution in [0.3, 0.4) is 0 Å². The van der Waals surface area contributed by atoms with Crippen LogP contribution in [0, 0.1) is 0 Å². The van der Waals surface area contributed by atoms with Crippen molar-refractivity contribution in [2.45, 2.75) is 17.0 Å². The third-order valence-electron chi connectivity index (χ3n) is 3.68. The maximum atomic E-state index is 6.77. The normalized spacial score (nSPS) is 34.1. The molecule has 3 rings (SSSR count). The number of hydrogen-bond acceptors (Lipinski definition) is 4. The SMILES string of the molecule is COC1(C2(Cl)C=CC=C(n3cccn3)N2)CCOC1. The van der Waals surface area contributed by atoms with Crippen LogP contribution in [0.1, 0.15) is 6.42 Å². The van der Waals surface area contributed by atoms with E-state index in [1.54, 1.807) is 18.0 Å². The number of methoxy groups -OCH3 is 1. The van der Waals surface area contributed by atoms with Crippen LogP contribution in [-0.2, 0) is 9.47 Å². The monoisotopic (exact) mass is 281 g/mol. The average Bonchev–Trinajstić information content (AvgIpc) is 3.11. The van der Waals surface area contributed by atoms with Crippen LogP contribution in [0.2, 0.25) is 0 Å². The molecule has 19 heavy (non-hydrogen) atoms. The van der Waals surface area contributed by atoms with Crippen molar-refractivity contribution in [2.24, 2.45) is 0 Å². The van der Waals surface area contributed by atoms with Crippen molar-refractivity contribution in [1.29, 1.82) is 0 Å². The summed E-state index contributed by atoms with van der Waals surface area (Å²) in [6.45, 7) is 1.12. The first-order valence-electron chi connectivity index (χ1n) is 6.19. The van der Waals surface area contributed by atoms with E-state index in [0.717, 1.165) is 12.2 Å². The van der Waals surface area contributed by atoms with Crippen LogP contribution < -0.4 is 5.32 Å². The molecule has 1 N–H and O–H groups in total. The van der Waals surface area contributed by atoms with Gasteiger partial charge in [0, 0.05) is 32.5 Å². The first-order chi connectivity index (χ1) is 9.19. The standard InChI is InChI=1S/C13H16ClN3O2/c1-18-12(6-9-19-10-12)13(14)5-2-4-11(16-13)17-8-3-7-15-17/h2-5,7-8,16H,6,9-10H2,1H3. The van der Waals surface area contributed by atoms with Gasteiger partial charge in [0.15, 0.2) is 5.00 Å². The van der Waals surface area contributed by atoms with Crippen molar-refractivity contribution < 1.29 is 9.47 Å². The highest BCUT2D eigenvalue weighted by atomic mass is 35.5. The van der Waals surface area contributed by atoms with Gasteiger partial charge in [0.2, 0.25) is 0 Å². The summed E-state index contributed by atoms with van der Waals surface area (Å²) < 4.78 is 12.9. The third kappa shape index (κ3) is 1.98. The van der Waals surface area contributed by atoms with Gasteiger partial charge in [-0.25, -0.2) is 4.68 Å². The van der Waals surface area contributed by atoms with Gasteiger partial charge in [-0.3, -0.25) is 0 Å². The minimum Gasteiger partial charge on any atom is -0.378 e. The summed E-state index contributed by atoms with van der Waals surface area (Å²) in [5.41, 5.74) is -0.572. The van der Waals surface area contributed by atoms with Gasteiger partial charge >= 0.3 is 0 Å². The molecule has 1 aromatic rings. The highest BCUT2D eigenvalue weighted by molar-refractivity contribution is 6.26. The Balaban J connectivity index is 1.91. The third-order valence-corrected chi connectivity index (χ3v) is 4.25. The van der Waals surface area contributed by atoms with Crippen molar-refractivity contribution in [2.75, 3.05) is 20.3 Å². The molecule has 2 unspecified atom stereocenters. The zero-order valence-electron chi connectivity index (χ0n) is 10.7. The number of dihydropyridines is 1. The fourth-order valence-electron chi connectivity index (χ4n) is 2.50. The molecule has 2 aliphatic heterocycles. The summed E-state index contributed by atoms with van der Waals surface area (Å²) in [5.74, 6) is 0.811. The van der Waals surface area contributed by atoms with Gasteiger partial charge in [-0.15, -0.1) is 0 Å². The molecule has 0 saturated carbocycles. The predicted molar refractivity (Wildman–Crippen MR) is 72.5 cm³/mol. The Morgan fingerprint density at radius 1 is 1.58 bits per heavy atom. The minimum absolute atomic E-state index is 0.469. The van der Waals surface area contributed by atoms with Crippen LogP contribution in [-0.4, -0.2) is 40.7 Å². The molecule has 1 aromatic heterocycles. The van der Waals surface area contributed by atoms with Crippen LogP contribution in [0.15, 0.2) is 36.7 Å². The lowest BCUT2D eigenvalue weighted by atomic mass is 9.90. The lowest BCUT2D eigenvalue weighted by molar-refractivity contribution is -0.0428. The number of nitrogens with zero attached hydrogens (tertiary/aromatic N) is 2. The maximum Gasteiger partial charge on any atom is 0.164 e. The molecule has 5 nitrogen and oxygen atoms in total. The molecule has 0 aromatic carbocycles. The number of hydrogen-bond donors (Lipinski definition) is 1. The van der Waals surface area contributed by atoms with E-state index in [0.29, 0.717) is 13.2 Å². The average molecular weight is 282 g/mol. The fourth-order valence-corrected chi connectivity index (χ4v) is 2.89. The molecule has 3 heterocycles. The fraction of sp³-hybridized carbons (Fsp3) is 0.462. The van der Waals surface area contributed by atoms with Crippen molar-refractivity contribution in [1.82, 2.24) is 15.1 Å². The number of aromatic nitrogens is 2. The predicted octanol–water partition coefficient (Wildman–Crippen LogP) is 1.58. The molecule has 0 radical (unpaired) electrons. The zero-order valence-corrected chi connectivity index (χ0v) is 11.4. The molecule has 0 spiro atoms. The smallest absolute Gasteiger partial charge is 0.164 e. The second kappa shape index (κ2) is 4.67. The van der Waals surface area contributed by atoms with Gasteiger partial charge in [-0.05, 0) is 18.2 Å². The van der Waals surface area contributed by atoms with Crippen molar-refractivity contribution in [3.63, 3.8) is 0 Å². The Labute approximate surface area is 116 Å². The van der Waals surface area contributed by atoms with Gasteiger partial charge in [0.1, 0.15) is 11.4 Å². The van der Waals surface area contributed by atoms with Crippen molar-refractivity contribution in [3.8, 4) is 0 Å². The van der Waals surface area contributed by atoms with Crippen LogP contribution in [0.4, 0.5) is 0 Å². The summed E-state index contributed by atoms with van der Waals surface area (Å²) in [4.78, 5) is -0.839. The summed E-state index contributed by atoms with van der Waals surface area (Å²) in [7, 11) is 1.67. The quantitative estimate of drug-likeness (QED) is 0.675. The lowest BCUT2D eigenvalue weighted by Crippen LogP contribution is -2.60. The number of allylic oxidation sites excluding steroid dienone is 2. The van der Waals surface area contributed by atoms with Crippen LogP contribution >= 0.6 is 11.6 Å². The molecule has 102 valence electrons. The van der Waals surface area contributed by atoms with E-state index in [1.807, 2.05) is 30.5 Å². The minimum atomic E-state index is -0.839. The number of halogens is 1. The first-order valence-corrected chi connectivity index (χ1v) is 6.56. The van der Waals surface area contributed by atoms with Gasteiger partial charge in [-0.1, -0.05) is 17.7 Å². The lowest BCUT2D eigenvalue weighted by Gasteiger charge is -2.42. The Bertz CT molecular complexity index is 506. The summed E-state index contributed by atoms with van der Waals surface area (Å²) in [6, 6.07) is 1.86. The van der Waals surface area contributed by atoms with Gasteiger partial charge in [0.25, 0.3) is 0 Å².